The number of carbonyl (C=O) groups excluding carboxylic acids is 1. The molecular formula is C35H39ClN2O6S. The van der Waals surface area contributed by atoms with E-state index in [0.29, 0.717) is 30.4 Å². The third kappa shape index (κ3) is 7.72. The van der Waals surface area contributed by atoms with Gasteiger partial charge >= 0.3 is 0 Å². The molecule has 0 radical (unpaired) electrons. The molecule has 0 bridgehead atoms. The second-order valence-electron chi connectivity index (χ2n) is 11.7. The lowest BCUT2D eigenvalue weighted by molar-refractivity contribution is -0.119. The smallest absolute Gasteiger partial charge is 0.265 e. The van der Waals surface area contributed by atoms with Crippen molar-refractivity contribution in [3.05, 3.63) is 112 Å². The summed E-state index contributed by atoms with van der Waals surface area (Å²) in [6, 6.07) is 20.2. The molecule has 1 aliphatic rings. The van der Waals surface area contributed by atoms with Crippen LogP contribution in [0, 0.1) is 18.8 Å². The van der Waals surface area contributed by atoms with E-state index in [2.05, 4.69) is 29.0 Å². The summed E-state index contributed by atoms with van der Waals surface area (Å²) in [5.74, 6) is 0.988. The van der Waals surface area contributed by atoms with Crippen LogP contribution < -0.4 is 14.2 Å². The fraction of sp³-hybridized carbons (Fsp3) is 0.343. The number of hydrogen-bond acceptors (Lipinski definition) is 6. The molecule has 1 aliphatic carbocycles. The van der Waals surface area contributed by atoms with Crippen LogP contribution in [0.5, 0.6) is 11.5 Å². The lowest BCUT2D eigenvalue weighted by Crippen LogP contribution is -2.30. The van der Waals surface area contributed by atoms with Crippen LogP contribution in [0.15, 0.2) is 84.0 Å². The molecule has 3 aromatic carbocycles. The minimum Gasteiger partial charge on any atom is -0.496 e. The molecule has 45 heavy (non-hydrogen) atoms. The highest BCUT2D eigenvalue weighted by Gasteiger charge is 2.30. The van der Waals surface area contributed by atoms with E-state index in [1.54, 1.807) is 26.4 Å². The molecule has 0 fully saturated rings. The second kappa shape index (κ2) is 14.1. The number of rotatable bonds is 13. The minimum absolute atomic E-state index is 0.0109. The van der Waals surface area contributed by atoms with Crippen molar-refractivity contribution >= 4 is 27.5 Å². The van der Waals surface area contributed by atoms with Crippen molar-refractivity contribution in [3.63, 3.8) is 0 Å². The van der Waals surface area contributed by atoms with E-state index in [0.717, 1.165) is 36.0 Å². The first-order chi connectivity index (χ1) is 21.6. The van der Waals surface area contributed by atoms with Gasteiger partial charge in [0.15, 0.2) is 0 Å². The Morgan fingerprint density at radius 2 is 1.64 bits per heavy atom. The number of nitrogens with one attached hydrogen (secondary N) is 1. The number of fused-ring (bicyclic) bond motifs is 1. The highest BCUT2D eigenvalue weighted by molar-refractivity contribution is 7.90. The Balaban J connectivity index is 1.29. The molecule has 0 saturated heterocycles. The topological polar surface area (TPSA) is 107 Å². The van der Waals surface area contributed by atoms with Crippen molar-refractivity contribution in [2.24, 2.45) is 11.8 Å². The van der Waals surface area contributed by atoms with E-state index in [9.17, 15) is 18.3 Å². The monoisotopic (exact) mass is 650 g/mol. The standard InChI is InChI=1S/C35H39ClN2O6S/c1-23-31(43-2)19-28(20-32(23)44-3)35(40)29(18-25-16-26-8-4-5-9-27(26)17-25)22-38-15-14-24(21-38)12-13-34(39)37-45(41,42)33-11-7-6-10-30(33)36/h4-11,14-15,19-21,25,29,35,40H,12-13,16-18,22H2,1-3H3,(H,37,39)/t29-,35-/m1/s1. The molecule has 1 heterocycles. The van der Waals surface area contributed by atoms with Crippen molar-refractivity contribution in [2.75, 3.05) is 14.2 Å². The Hall–Kier alpha value is -3.79. The molecule has 2 atom stereocenters. The van der Waals surface area contributed by atoms with Crippen LogP contribution in [0.3, 0.4) is 0 Å². The first kappa shape index (κ1) is 32.6. The van der Waals surface area contributed by atoms with Gasteiger partial charge in [-0.05, 0) is 91.1 Å². The van der Waals surface area contributed by atoms with Crippen LogP contribution in [0.4, 0.5) is 0 Å². The van der Waals surface area contributed by atoms with Crippen molar-refractivity contribution in [1.29, 1.82) is 0 Å². The van der Waals surface area contributed by atoms with E-state index in [4.69, 9.17) is 21.1 Å². The average molecular weight is 651 g/mol. The summed E-state index contributed by atoms with van der Waals surface area (Å²) in [4.78, 5) is 12.4. The summed E-state index contributed by atoms with van der Waals surface area (Å²) in [7, 11) is -0.848. The highest BCUT2D eigenvalue weighted by atomic mass is 35.5. The number of hydrogen-bond donors (Lipinski definition) is 2. The molecule has 1 aromatic heterocycles. The quantitative estimate of drug-likeness (QED) is 0.182. The number of aliphatic hydroxyl groups is 1. The average Bonchev–Trinajstić information content (AvgIpc) is 3.65. The van der Waals surface area contributed by atoms with Gasteiger partial charge in [0, 0.05) is 36.8 Å². The Labute approximate surface area is 270 Å². The van der Waals surface area contributed by atoms with Gasteiger partial charge in [0.25, 0.3) is 10.0 Å². The third-order valence-electron chi connectivity index (χ3n) is 8.61. The van der Waals surface area contributed by atoms with Gasteiger partial charge in [-0.1, -0.05) is 48.0 Å². The molecule has 0 unspecified atom stereocenters. The summed E-state index contributed by atoms with van der Waals surface area (Å²) in [6.07, 6.45) is 6.22. The summed E-state index contributed by atoms with van der Waals surface area (Å²) in [5, 5.41) is 11.9. The number of methoxy groups -OCH3 is 2. The number of amides is 1. The molecule has 238 valence electrons. The third-order valence-corrected chi connectivity index (χ3v) is 10.5. The lowest BCUT2D eigenvalue weighted by Gasteiger charge is -2.27. The Kier molecular flexibility index (Phi) is 10.2. The Bertz CT molecular complexity index is 1720. The summed E-state index contributed by atoms with van der Waals surface area (Å²) >= 11 is 6.02. The van der Waals surface area contributed by atoms with Gasteiger partial charge in [-0.15, -0.1) is 0 Å². The number of sulfonamides is 1. The second-order valence-corrected chi connectivity index (χ2v) is 13.8. The molecule has 8 nitrogen and oxygen atoms in total. The Morgan fingerprint density at radius 1 is 1.02 bits per heavy atom. The van der Waals surface area contributed by atoms with Crippen molar-refractivity contribution < 1.29 is 27.8 Å². The molecule has 4 aromatic rings. The number of nitrogens with zero attached hydrogens (tertiary/aromatic N) is 1. The highest BCUT2D eigenvalue weighted by Crippen LogP contribution is 2.39. The maximum atomic E-state index is 12.6. The predicted octanol–water partition coefficient (Wildman–Crippen LogP) is 6.06. The zero-order valence-electron chi connectivity index (χ0n) is 25.7. The number of ether oxygens (including phenoxy) is 2. The van der Waals surface area contributed by atoms with Gasteiger partial charge in [0.1, 0.15) is 16.4 Å². The zero-order valence-corrected chi connectivity index (χ0v) is 27.3. The minimum atomic E-state index is -4.07. The van der Waals surface area contributed by atoms with Crippen LogP contribution in [-0.4, -0.2) is 38.2 Å². The number of benzene rings is 3. The molecule has 0 spiro atoms. The summed E-state index contributed by atoms with van der Waals surface area (Å²) in [5.41, 5.74) is 5.23. The SMILES string of the molecule is COc1cc([C@@H](O)[C@H](CC2Cc3ccccc3C2)Cn2ccc(CCC(=O)NS(=O)(=O)c3ccccc3Cl)c2)cc(OC)c1C. The fourth-order valence-corrected chi connectivity index (χ4v) is 7.83. The van der Waals surface area contributed by atoms with Crippen molar-refractivity contribution in [3.8, 4) is 11.5 Å². The van der Waals surface area contributed by atoms with Crippen LogP contribution >= 0.6 is 11.6 Å². The molecular weight excluding hydrogens is 612 g/mol. The first-order valence-corrected chi connectivity index (χ1v) is 16.9. The molecule has 1 amide bonds. The molecule has 0 aliphatic heterocycles. The Morgan fingerprint density at radius 3 is 2.27 bits per heavy atom. The van der Waals surface area contributed by atoms with Crippen molar-refractivity contribution in [2.45, 2.75) is 56.6 Å². The zero-order chi connectivity index (χ0) is 32.1. The van der Waals surface area contributed by atoms with Gasteiger partial charge in [0.05, 0.1) is 25.3 Å². The van der Waals surface area contributed by atoms with E-state index in [1.165, 1.54) is 23.3 Å². The number of aliphatic hydroxyl groups excluding tert-OH is 1. The maximum absolute atomic E-state index is 12.6. The largest absolute Gasteiger partial charge is 0.496 e. The van der Waals surface area contributed by atoms with Gasteiger partial charge in [-0.25, -0.2) is 13.1 Å². The van der Waals surface area contributed by atoms with E-state index < -0.39 is 22.0 Å². The van der Waals surface area contributed by atoms with Crippen LogP contribution in [0.1, 0.15) is 46.8 Å². The summed E-state index contributed by atoms with van der Waals surface area (Å²) < 4.78 is 40.6. The molecule has 10 heteroatoms. The molecule has 2 N–H and O–H groups in total. The fourth-order valence-electron chi connectivity index (χ4n) is 6.30. The first-order valence-electron chi connectivity index (χ1n) is 15.0. The van der Waals surface area contributed by atoms with Crippen LogP contribution in [0.2, 0.25) is 5.02 Å². The molecule has 0 saturated carbocycles. The van der Waals surface area contributed by atoms with Crippen molar-refractivity contribution in [1.82, 2.24) is 9.29 Å². The van der Waals surface area contributed by atoms with Crippen LogP contribution in [0.25, 0.3) is 0 Å². The normalized spacial score (nSPS) is 14.5. The van der Waals surface area contributed by atoms with Gasteiger partial charge in [-0.2, -0.15) is 0 Å². The van der Waals surface area contributed by atoms with Gasteiger partial charge in [0.2, 0.25) is 5.91 Å². The predicted molar refractivity (Wildman–Crippen MR) is 174 cm³/mol. The number of halogens is 1. The molecule has 5 rings (SSSR count). The van der Waals surface area contributed by atoms with E-state index >= 15 is 0 Å². The van der Waals surface area contributed by atoms with Crippen LogP contribution in [-0.2, 0) is 40.6 Å². The van der Waals surface area contributed by atoms with Gasteiger partial charge in [-0.3, -0.25) is 4.79 Å². The van der Waals surface area contributed by atoms with Gasteiger partial charge < -0.3 is 19.1 Å². The number of aromatic nitrogens is 1. The number of aryl methyl sites for hydroxylation is 1. The van der Waals surface area contributed by atoms with E-state index in [1.807, 2.05) is 42.1 Å². The van der Waals surface area contributed by atoms with E-state index in [-0.39, 0.29) is 22.3 Å². The number of carbonyl (C=O) groups is 1. The lowest BCUT2D eigenvalue weighted by atomic mass is 9.85. The summed E-state index contributed by atoms with van der Waals surface area (Å²) in [6.45, 7) is 2.48. The maximum Gasteiger partial charge on any atom is 0.265 e.